The van der Waals surface area contributed by atoms with Crippen LogP contribution < -0.4 is 15.4 Å². The molecule has 1 aromatic rings. The number of hydrogen-bond donors (Lipinski definition) is 3. The molecule has 0 radical (unpaired) electrons. The summed E-state index contributed by atoms with van der Waals surface area (Å²) in [6.07, 6.45) is 2.25. The van der Waals surface area contributed by atoms with Crippen molar-refractivity contribution in [2.45, 2.75) is 158 Å². The van der Waals surface area contributed by atoms with Gasteiger partial charge in [-0.15, -0.1) is 0 Å². The van der Waals surface area contributed by atoms with Crippen LogP contribution >= 0.6 is 0 Å². The number of alkyl carbamates (subject to hydrolysis) is 1. The van der Waals surface area contributed by atoms with E-state index in [4.69, 9.17) is 14.2 Å². The van der Waals surface area contributed by atoms with Gasteiger partial charge in [0.2, 0.25) is 21.8 Å². The highest BCUT2D eigenvalue weighted by atomic mass is 32.2. The van der Waals surface area contributed by atoms with Gasteiger partial charge < -0.3 is 29.7 Å². The second kappa shape index (κ2) is 15.1. The summed E-state index contributed by atoms with van der Waals surface area (Å²) in [4.78, 5) is 57.6. The molecule has 4 fully saturated rings. The molecule has 0 spiro atoms. The Balaban J connectivity index is 1.25. The normalized spacial score (nSPS) is 29.6. The van der Waals surface area contributed by atoms with E-state index in [0.717, 1.165) is 12.8 Å². The van der Waals surface area contributed by atoms with E-state index in [9.17, 15) is 32.0 Å². The maximum absolute atomic E-state index is 14.4. The van der Waals surface area contributed by atoms with Crippen LogP contribution in [0.15, 0.2) is 18.2 Å². The minimum atomic E-state index is -3.77. The fourth-order valence-electron chi connectivity index (χ4n) is 7.48. The van der Waals surface area contributed by atoms with Crippen LogP contribution in [0.5, 0.6) is 0 Å². The van der Waals surface area contributed by atoms with Gasteiger partial charge in [0.1, 0.15) is 35.8 Å². The summed E-state index contributed by atoms with van der Waals surface area (Å²) in [5.41, 5.74) is 0.279. The van der Waals surface area contributed by atoms with Crippen molar-refractivity contribution >= 4 is 34.0 Å². The number of amides is 4. The van der Waals surface area contributed by atoms with Gasteiger partial charge in [-0.3, -0.25) is 14.5 Å². The molecular weight excluding hydrogens is 697 g/mol. The lowest BCUT2D eigenvalue weighted by molar-refractivity contribution is -0.141. The Kier molecular flexibility index (Phi) is 11.1. The van der Waals surface area contributed by atoms with E-state index < -0.39 is 80.6 Å². The Labute approximate surface area is 304 Å². The zero-order valence-electron chi connectivity index (χ0n) is 30.5. The first-order valence-corrected chi connectivity index (χ1v) is 20.0. The van der Waals surface area contributed by atoms with Crippen molar-refractivity contribution in [3.8, 4) is 0 Å². The second-order valence-electron chi connectivity index (χ2n) is 16.1. The fourth-order valence-corrected chi connectivity index (χ4v) is 8.93. The highest BCUT2D eigenvalue weighted by molar-refractivity contribution is 7.91. The van der Waals surface area contributed by atoms with E-state index in [1.807, 2.05) is 0 Å². The van der Waals surface area contributed by atoms with Crippen LogP contribution in [-0.2, 0) is 46.9 Å². The molecule has 16 heteroatoms. The third kappa shape index (κ3) is 8.82. The summed E-state index contributed by atoms with van der Waals surface area (Å²) in [6.45, 7) is 6.91. The monoisotopic (exact) mass is 749 g/mol. The zero-order valence-corrected chi connectivity index (χ0v) is 31.3. The molecule has 5 aliphatic rings. The molecule has 14 nitrogen and oxygen atoms in total. The summed E-state index contributed by atoms with van der Waals surface area (Å²) in [5.74, 6) is -1.49. The van der Waals surface area contributed by atoms with Gasteiger partial charge in [0, 0.05) is 18.5 Å². The quantitative estimate of drug-likeness (QED) is 0.403. The van der Waals surface area contributed by atoms with Gasteiger partial charge in [0.25, 0.3) is 0 Å². The molecule has 4 amide bonds. The average molecular weight is 750 g/mol. The number of halogens is 1. The number of carbonyl (C=O) groups is 4. The van der Waals surface area contributed by atoms with Gasteiger partial charge >= 0.3 is 12.2 Å². The van der Waals surface area contributed by atoms with Crippen molar-refractivity contribution in [2.24, 2.45) is 0 Å². The zero-order chi connectivity index (χ0) is 37.4. The smallest absolute Gasteiger partial charge is 0.410 e. The van der Waals surface area contributed by atoms with E-state index in [2.05, 4.69) is 15.4 Å². The molecule has 288 valence electrons. The van der Waals surface area contributed by atoms with Gasteiger partial charge in [-0.1, -0.05) is 31.4 Å². The maximum Gasteiger partial charge on any atom is 0.410 e. The maximum atomic E-state index is 14.4. The minimum Gasteiger partial charge on any atom is -0.444 e. The van der Waals surface area contributed by atoms with Crippen LogP contribution in [0, 0.1) is 5.82 Å². The molecule has 4 heterocycles. The molecule has 1 saturated carbocycles. The van der Waals surface area contributed by atoms with Gasteiger partial charge in [-0.25, -0.2) is 22.4 Å². The van der Waals surface area contributed by atoms with Crippen molar-refractivity contribution < 1.29 is 46.2 Å². The molecule has 6 rings (SSSR count). The van der Waals surface area contributed by atoms with Crippen molar-refractivity contribution in [1.82, 2.24) is 25.2 Å². The molecule has 2 bridgehead atoms. The summed E-state index contributed by atoms with van der Waals surface area (Å²) in [5, 5.41) is 5.71. The number of benzene rings is 1. The van der Waals surface area contributed by atoms with Gasteiger partial charge in [0.05, 0.1) is 30.0 Å². The Bertz CT molecular complexity index is 1650. The van der Waals surface area contributed by atoms with Crippen LogP contribution in [0.4, 0.5) is 14.0 Å². The molecule has 3 N–H and O–H groups in total. The number of nitrogens with one attached hydrogen (secondary N) is 3. The lowest BCUT2D eigenvalue weighted by Crippen LogP contribution is -2.58. The van der Waals surface area contributed by atoms with Gasteiger partial charge in [-0.05, 0) is 84.3 Å². The minimum absolute atomic E-state index is 0.0288. The number of sulfonamides is 1. The van der Waals surface area contributed by atoms with E-state index in [-0.39, 0.29) is 38.6 Å². The number of nitrogens with zero attached hydrogens (tertiary/aromatic N) is 2. The van der Waals surface area contributed by atoms with Crippen LogP contribution in [0.3, 0.4) is 0 Å². The molecule has 3 saturated heterocycles. The van der Waals surface area contributed by atoms with Crippen LogP contribution in [0.1, 0.15) is 109 Å². The summed E-state index contributed by atoms with van der Waals surface area (Å²) in [7, 11) is -3.77. The largest absolute Gasteiger partial charge is 0.444 e. The first kappa shape index (κ1) is 38.2. The molecular formula is C36H52FN5O9S. The predicted molar refractivity (Wildman–Crippen MR) is 186 cm³/mol. The number of fused-ring (bicyclic) bond motifs is 5. The van der Waals surface area contributed by atoms with Gasteiger partial charge in [-0.2, -0.15) is 4.72 Å². The molecule has 1 aliphatic carbocycles. The molecule has 0 aromatic heterocycles. The fraction of sp³-hybridized carbons (Fsp3) is 0.722. The van der Waals surface area contributed by atoms with Crippen LogP contribution in [0.2, 0.25) is 0 Å². The van der Waals surface area contributed by atoms with Gasteiger partial charge in [0.15, 0.2) is 0 Å². The number of carbonyl (C=O) groups excluding carboxylic acids is 4. The Hall–Kier alpha value is -3.50. The highest BCUT2D eigenvalue weighted by Crippen LogP contribution is 2.42. The predicted octanol–water partition coefficient (Wildman–Crippen LogP) is 3.96. The first-order valence-electron chi connectivity index (χ1n) is 18.5. The molecule has 1 aromatic carbocycles. The van der Waals surface area contributed by atoms with E-state index in [1.54, 1.807) is 39.8 Å². The SMILES string of the molecule is CC(C)(C)OC(=O)N[C@H]1CCCCCC2CCCC(NC(=O)[C@@H]3C[C@@H](OC(=O)N4Cc5cccc(F)c5C4)CN3C1=O)C(NS(=O)(=O)C1(C)CC1)O2. The molecule has 6 atom stereocenters. The van der Waals surface area contributed by atoms with Crippen LogP contribution in [-0.4, -0.2) is 95.7 Å². The van der Waals surface area contributed by atoms with Crippen molar-refractivity contribution in [3.05, 3.63) is 35.1 Å². The highest BCUT2D eigenvalue weighted by Gasteiger charge is 2.52. The molecule has 4 aliphatic heterocycles. The number of rotatable bonds is 5. The summed E-state index contributed by atoms with van der Waals surface area (Å²) < 4.78 is 60.8. The Morgan fingerprint density at radius 3 is 2.48 bits per heavy atom. The topological polar surface area (TPSA) is 173 Å². The lowest BCUT2D eigenvalue weighted by Gasteiger charge is -2.32. The van der Waals surface area contributed by atoms with Crippen LogP contribution in [0.25, 0.3) is 0 Å². The molecule has 52 heavy (non-hydrogen) atoms. The standard InChI is InChI=1S/C36H52FN5O9S/c1-35(2,3)51-33(45)39-28-14-7-5-6-11-23-12-9-15-27(31(49-23)40-52(47,48)36(4)16-17-36)38-30(43)29-18-24(20-42(29)32(28)44)50-34(46)41-19-22-10-8-13-26(37)25(22)21-41/h8,10,13,23-24,27-29,31,40H,5-7,9,11-12,14-21H2,1-4H3,(H,38,43)(H,39,45)/t23?,24-,27?,28+,29+,31?/m1/s1. The number of ether oxygens (including phenoxy) is 3. The summed E-state index contributed by atoms with van der Waals surface area (Å²) in [6, 6.07) is 1.81. The van der Waals surface area contributed by atoms with Crippen molar-refractivity contribution in [1.29, 1.82) is 0 Å². The Morgan fingerprint density at radius 1 is 1.04 bits per heavy atom. The third-order valence-electron chi connectivity index (χ3n) is 10.8. The van der Waals surface area contributed by atoms with Crippen molar-refractivity contribution in [3.63, 3.8) is 0 Å². The summed E-state index contributed by atoms with van der Waals surface area (Å²) >= 11 is 0. The third-order valence-corrected chi connectivity index (χ3v) is 13.0. The van der Waals surface area contributed by atoms with E-state index in [0.29, 0.717) is 56.1 Å². The molecule has 3 unspecified atom stereocenters. The first-order chi connectivity index (χ1) is 24.5. The van der Waals surface area contributed by atoms with Crippen molar-refractivity contribution in [2.75, 3.05) is 6.54 Å². The average Bonchev–Trinajstić information content (AvgIpc) is 3.52. The lowest BCUT2D eigenvalue weighted by atomic mass is 10.0. The Morgan fingerprint density at radius 2 is 1.77 bits per heavy atom. The van der Waals surface area contributed by atoms with E-state index in [1.165, 1.54) is 15.9 Å². The number of hydrogen-bond acceptors (Lipinski definition) is 9. The van der Waals surface area contributed by atoms with E-state index >= 15 is 0 Å². The second-order valence-corrected chi connectivity index (χ2v) is 18.3.